The summed E-state index contributed by atoms with van der Waals surface area (Å²) in [7, 11) is 1.94. The molecule has 0 radical (unpaired) electrons. The van der Waals surface area contributed by atoms with Crippen molar-refractivity contribution in [2.75, 3.05) is 7.05 Å². The molecule has 3 nitrogen and oxygen atoms in total. The van der Waals surface area contributed by atoms with Gasteiger partial charge in [-0.25, -0.2) is 4.98 Å². The van der Waals surface area contributed by atoms with Crippen LogP contribution >= 0.6 is 11.3 Å². The van der Waals surface area contributed by atoms with Crippen LogP contribution in [0.2, 0.25) is 0 Å². The number of aryl methyl sites for hydroxylation is 2. The number of rotatable bonds is 5. The number of hydrogen-bond donors (Lipinski definition) is 0. The van der Waals surface area contributed by atoms with E-state index in [1.165, 1.54) is 35.6 Å². The van der Waals surface area contributed by atoms with E-state index in [1.54, 1.807) is 11.3 Å². The predicted octanol–water partition coefficient (Wildman–Crippen LogP) is 4.11. The van der Waals surface area contributed by atoms with Crippen molar-refractivity contribution in [1.29, 1.82) is 0 Å². The summed E-state index contributed by atoms with van der Waals surface area (Å²) in [6, 6.07) is 0.140. The molecule has 1 aliphatic carbocycles. The molecule has 4 heteroatoms. The van der Waals surface area contributed by atoms with Gasteiger partial charge in [0.15, 0.2) is 0 Å². The summed E-state index contributed by atoms with van der Waals surface area (Å²) in [5.74, 6) is 0.904. The fourth-order valence-electron chi connectivity index (χ4n) is 3.00. The number of carbonyl (C=O) groups is 1. The second-order valence-corrected chi connectivity index (χ2v) is 7.06. The minimum atomic E-state index is 0.140. The van der Waals surface area contributed by atoms with Crippen molar-refractivity contribution < 1.29 is 4.79 Å². The molecule has 1 fully saturated rings. The molecular weight excluding hydrogens is 268 g/mol. The molecule has 0 spiro atoms. The van der Waals surface area contributed by atoms with E-state index in [4.69, 9.17) is 0 Å². The first-order chi connectivity index (χ1) is 9.52. The molecule has 1 amide bonds. The topological polar surface area (TPSA) is 33.2 Å². The zero-order chi connectivity index (χ0) is 14.7. The Morgan fingerprint density at radius 3 is 2.65 bits per heavy atom. The molecule has 1 aromatic heterocycles. The van der Waals surface area contributed by atoms with Gasteiger partial charge < -0.3 is 4.90 Å². The number of carbonyl (C=O) groups excluding carboxylic acids is 1. The maximum Gasteiger partial charge on any atom is 0.223 e. The second kappa shape index (κ2) is 6.70. The van der Waals surface area contributed by atoms with Gasteiger partial charge in [0.1, 0.15) is 0 Å². The number of nitrogens with zero attached hydrogens (tertiary/aromatic N) is 2. The highest BCUT2D eigenvalue weighted by molar-refractivity contribution is 7.11. The Hall–Kier alpha value is -0.900. The quantitative estimate of drug-likeness (QED) is 0.818. The van der Waals surface area contributed by atoms with E-state index in [-0.39, 0.29) is 11.9 Å². The summed E-state index contributed by atoms with van der Waals surface area (Å²) in [5, 5.41) is 1.17. The van der Waals surface area contributed by atoms with Crippen molar-refractivity contribution in [3.05, 3.63) is 15.6 Å². The van der Waals surface area contributed by atoms with Gasteiger partial charge in [0.25, 0.3) is 0 Å². The van der Waals surface area contributed by atoms with Crippen LogP contribution in [-0.2, 0) is 11.2 Å². The normalized spacial score (nSPS) is 17.4. The third-order valence-corrected chi connectivity index (χ3v) is 5.94. The van der Waals surface area contributed by atoms with Gasteiger partial charge in [-0.15, -0.1) is 11.3 Å². The second-order valence-electron chi connectivity index (χ2n) is 5.95. The molecule has 1 saturated carbocycles. The monoisotopic (exact) mass is 294 g/mol. The largest absolute Gasteiger partial charge is 0.338 e. The molecule has 0 aromatic carbocycles. The summed E-state index contributed by atoms with van der Waals surface area (Å²) >= 11 is 1.75. The van der Waals surface area contributed by atoms with Gasteiger partial charge >= 0.3 is 0 Å². The van der Waals surface area contributed by atoms with Gasteiger partial charge in [-0.05, 0) is 39.0 Å². The minimum absolute atomic E-state index is 0.140. The lowest BCUT2D eigenvalue weighted by Crippen LogP contribution is -2.30. The van der Waals surface area contributed by atoms with Crippen LogP contribution in [-0.4, -0.2) is 22.8 Å². The van der Waals surface area contributed by atoms with E-state index in [2.05, 4.69) is 25.8 Å². The van der Waals surface area contributed by atoms with Crippen molar-refractivity contribution >= 4 is 17.2 Å². The molecule has 112 valence electrons. The Balaban J connectivity index is 2.00. The highest BCUT2D eigenvalue weighted by atomic mass is 32.1. The molecule has 0 saturated heterocycles. The first-order valence-corrected chi connectivity index (χ1v) is 8.56. The summed E-state index contributed by atoms with van der Waals surface area (Å²) in [6.45, 7) is 6.30. The molecule has 1 aliphatic rings. The van der Waals surface area contributed by atoms with E-state index < -0.39 is 0 Å². The fourth-order valence-corrected chi connectivity index (χ4v) is 4.10. The van der Waals surface area contributed by atoms with E-state index in [9.17, 15) is 4.79 Å². The fraction of sp³-hybridized carbons (Fsp3) is 0.750. The molecule has 1 heterocycles. The smallest absolute Gasteiger partial charge is 0.223 e. The van der Waals surface area contributed by atoms with Crippen molar-refractivity contribution in [2.45, 2.75) is 65.3 Å². The summed E-state index contributed by atoms with van der Waals surface area (Å²) < 4.78 is 0. The molecule has 0 unspecified atom stereocenters. The average Bonchev–Trinajstić information content (AvgIpc) is 3.06. The van der Waals surface area contributed by atoms with Gasteiger partial charge in [0.2, 0.25) is 5.91 Å². The molecular formula is C16H26N2OS. The van der Waals surface area contributed by atoms with Crippen LogP contribution in [0.5, 0.6) is 0 Å². The Labute approximate surface area is 126 Å². The summed E-state index contributed by atoms with van der Waals surface area (Å²) in [5.41, 5.74) is 1.08. The van der Waals surface area contributed by atoms with E-state index in [0.29, 0.717) is 5.92 Å². The van der Waals surface area contributed by atoms with Crippen LogP contribution in [0.3, 0.4) is 0 Å². The predicted molar refractivity (Wildman–Crippen MR) is 84.0 cm³/mol. The van der Waals surface area contributed by atoms with Crippen molar-refractivity contribution in [3.8, 4) is 0 Å². The van der Waals surface area contributed by atoms with Crippen LogP contribution in [0.4, 0.5) is 0 Å². The maximum atomic E-state index is 12.4. The lowest BCUT2D eigenvalue weighted by molar-refractivity contribution is -0.132. The lowest BCUT2D eigenvalue weighted by Gasteiger charge is -2.25. The maximum absolute atomic E-state index is 12.4. The standard InChI is InChI=1S/C16H26N2OS/c1-5-14-17-11(2)16(20-14)12(3)18(4)15(19)10-13-8-6-7-9-13/h12-13H,5-10H2,1-4H3/t12-/m1/s1. The molecule has 20 heavy (non-hydrogen) atoms. The van der Waals surface area contributed by atoms with Crippen molar-refractivity contribution in [2.24, 2.45) is 5.92 Å². The summed E-state index contributed by atoms with van der Waals surface area (Å²) in [4.78, 5) is 20.1. The van der Waals surface area contributed by atoms with Crippen LogP contribution in [0, 0.1) is 12.8 Å². The average molecular weight is 294 g/mol. The summed E-state index contributed by atoms with van der Waals surface area (Å²) in [6.07, 6.45) is 6.74. The highest BCUT2D eigenvalue weighted by Crippen LogP contribution is 2.32. The first-order valence-electron chi connectivity index (χ1n) is 7.74. The Bertz CT molecular complexity index is 463. The lowest BCUT2D eigenvalue weighted by atomic mass is 10.0. The molecule has 1 aromatic rings. The van der Waals surface area contributed by atoms with Gasteiger partial charge in [-0.1, -0.05) is 19.8 Å². The first kappa shape index (κ1) is 15.5. The number of aromatic nitrogens is 1. The number of hydrogen-bond acceptors (Lipinski definition) is 3. The Morgan fingerprint density at radius 2 is 2.10 bits per heavy atom. The van der Waals surface area contributed by atoms with Gasteiger partial charge in [0, 0.05) is 18.3 Å². The van der Waals surface area contributed by atoms with Gasteiger partial charge in [-0.3, -0.25) is 4.79 Å². The zero-order valence-electron chi connectivity index (χ0n) is 13.1. The molecule has 1 atom stereocenters. The van der Waals surface area contributed by atoms with Crippen LogP contribution < -0.4 is 0 Å². The van der Waals surface area contributed by atoms with Gasteiger partial charge in [-0.2, -0.15) is 0 Å². The zero-order valence-corrected chi connectivity index (χ0v) is 13.9. The van der Waals surface area contributed by atoms with E-state index in [0.717, 1.165) is 18.5 Å². The van der Waals surface area contributed by atoms with Crippen molar-refractivity contribution in [3.63, 3.8) is 0 Å². The Kier molecular flexibility index (Phi) is 5.19. The van der Waals surface area contributed by atoms with E-state index >= 15 is 0 Å². The molecule has 0 bridgehead atoms. The minimum Gasteiger partial charge on any atom is -0.338 e. The third-order valence-electron chi connectivity index (χ3n) is 4.47. The molecule has 0 aliphatic heterocycles. The van der Waals surface area contributed by atoms with Crippen LogP contribution in [0.15, 0.2) is 0 Å². The molecule has 0 N–H and O–H groups in total. The number of thiazole rings is 1. The van der Waals surface area contributed by atoms with Crippen LogP contribution in [0.1, 0.15) is 67.6 Å². The van der Waals surface area contributed by atoms with Crippen molar-refractivity contribution in [1.82, 2.24) is 9.88 Å². The molecule has 2 rings (SSSR count). The highest BCUT2D eigenvalue weighted by Gasteiger charge is 2.25. The third kappa shape index (κ3) is 3.40. The van der Waals surface area contributed by atoms with Crippen LogP contribution in [0.25, 0.3) is 0 Å². The SMILES string of the molecule is CCc1nc(C)c([C@@H](C)N(C)C(=O)CC2CCCC2)s1. The number of amides is 1. The van der Waals surface area contributed by atoms with Gasteiger partial charge in [0.05, 0.1) is 16.7 Å². The Morgan fingerprint density at radius 1 is 1.45 bits per heavy atom. The van der Waals surface area contributed by atoms with E-state index in [1.807, 2.05) is 11.9 Å².